The van der Waals surface area contributed by atoms with E-state index >= 15 is 0 Å². The summed E-state index contributed by atoms with van der Waals surface area (Å²) in [6.07, 6.45) is 10.2. The summed E-state index contributed by atoms with van der Waals surface area (Å²) in [5, 5.41) is 14.6. The van der Waals surface area contributed by atoms with Crippen LogP contribution in [0.15, 0.2) is 53.7 Å². The van der Waals surface area contributed by atoms with E-state index in [1.54, 1.807) is 13.1 Å². The Morgan fingerprint density at radius 3 is 2.68 bits per heavy atom. The molecule has 1 aliphatic carbocycles. The van der Waals surface area contributed by atoms with Crippen LogP contribution in [0.25, 0.3) is 22.5 Å². The van der Waals surface area contributed by atoms with Crippen LogP contribution in [-0.2, 0) is 17.8 Å². The normalized spacial score (nSPS) is 19.4. The van der Waals surface area contributed by atoms with Gasteiger partial charge < -0.3 is 0 Å². The topological polar surface area (TPSA) is 111 Å². The van der Waals surface area contributed by atoms with Crippen molar-refractivity contribution in [1.29, 1.82) is 0 Å². The minimum atomic E-state index is -0.113. The van der Waals surface area contributed by atoms with Crippen LogP contribution in [0.4, 0.5) is 0 Å². The molecule has 1 saturated carbocycles. The summed E-state index contributed by atoms with van der Waals surface area (Å²) in [6, 6.07) is 9.77. The van der Waals surface area contributed by atoms with E-state index in [1.165, 1.54) is 0 Å². The average Bonchev–Trinajstić information content (AvgIpc) is 3.64. The number of carbonyl (C=O) groups excluding carboxylic acids is 1. The van der Waals surface area contributed by atoms with Gasteiger partial charge in [-0.3, -0.25) is 18.9 Å². The molecule has 0 radical (unpaired) electrons. The summed E-state index contributed by atoms with van der Waals surface area (Å²) in [5.74, 6) is 0.836. The summed E-state index contributed by atoms with van der Waals surface area (Å²) in [5.41, 5.74) is 4.63. The third kappa shape index (κ3) is 4.77. The molecule has 0 bridgehead atoms. The standard InChI is InChI=1S/C28H33N7O2/c1-4-5-8-21-17-35(26-18(2)11-12-22(26)19(3)36)28(37)34(21)16-20-15-29-14-13-23(20)24-9-6-7-10-25(24)27-30-32-33-31-27/h6-7,9-10,13-15,17-18,22,26H,4-5,8,11-12,16H2,1-3H3,(H,30,31,32,33). The number of aromatic amines is 1. The Morgan fingerprint density at radius 2 is 1.95 bits per heavy atom. The Balaban J connectivity index is 1.59. The fourth-order valence-corrected chi connectivity index (χ4v) is 5.76. The van der Waals surface area contributed by atoms with Crippen LogP contribution in [0.1, 0.15) is 63.8 Å². The van der Waals surface area contributed by atoms with Gasteiger partial charge in [0.2, 0.25) is 5.82 Å². The summed E-state index contributed by atoms with van der Waals surface area (Å²) in [4.78, 5) is 30.7. The quantitative estimate of drug-likeness (QED) is 0.364. The first-order valence-electron chi connectivity index (χ1n) is 13.1. The predicted molar refractivity (Wildman–Crippen MR) is 141 cm³/mol. The Kier molecular flexibility index (Phi) is 7.12. The first-order chi connectivity index (χ1) is 18.0. The van der Waals surface area contributed by atoms with Crippen LogP contribution in [-0.4, -0.2) is 40.5 Å². The van der Waals surface area contributed by atoms with Gasteiger partial charge in [0.25, 0.3) is 0 Å². The summed E-state index contributed by atoms with van der Waals surface area (Å²) >= 11 is 0. The fraction of sp³-hybridized carbons (Fsp3) is 0.429. The Labute approximate surface area is 216 Å². The molecule has 3 unspecified atom stereocenters. The molecule has 1 aliphatic rings. The maximum atomic E-state index is 13.9. The van der Waals surface area contributed by atoms with Crippen LogP contribution in [0.2, 0.25) is 0 Å². The molecule has 0 amide bonds. The van der Waals surface area contributed by atoms with Gasteiger partial charge in [-0.05, 0) is 66.5 Å². The van der Waals surface area contributed by atoms with Crippen LogP contribution in [0.3, 0.4) is 0 Å². The molecule has 3 heterocycles. The zero-order valence-corrected chi connectivity index (χ0v) is 21.6. The lowest BCUT2D eigenvalue weighted by molar-refractivity contribution is -0.121. The summed E-state index contributed by atoms with van der Waals surface area (Å²) < 4.78 is 3.72. The smallest absolute Gasteiger partial charge is 0.300 e. The van der Waals surface area contributed by atoms with Crippen molar-refractivity contribution in [2.24, 2.45) is 11.8 Å². The lowest BCUT2D eigenvalue weighted by atomic mass is 9.95. The van der Waals surface area contributed by atoms with Gasteiger partial charge in [0.05, 0.1) is 12.6 Å². The molecule has 0 spiro atoms. The number of nitrogens with one attached hydrogen (secondary N) is 1. The molecule has 4 aromatic rings. The maximum Gasteiger partial charge on any atom is 0.328 e. The maximum absolute atomic E-state index is 13.9. The molecular weight excluding hydrogens is 466 g/mol. The highest BCUT2D eigenvalue weighted by molar-refractivity contribution is 5.82. The number of ketones is 1. The first kappa shape index (κ1) is 24.8. The fourth-order valence-electron chi connectivity index (χ4n) is 5.76. The van der Waals surface area contributed by atoms with Crippen LogP contribution < -0.4 is 5.69 Å². The van der Waals surface area contributed by atoms with Crippen LogP contribution >= 0.6 is 0 Å². The molecule has 9 nitrogen and oxygen atoms in total. The molecule has 0 aliphatic heterocycles. The van der Waals surface area contributed by atoms with E-state index < -0.39 is 0 Å². The average molecular weight is 500 g/mol. The van der Waals surface area contributed by atoms with Crippen molar-refractivity contribution < 1.29 is 4.79 Å². The molecule has 192 valence electrons. The molecular formula is C28H33N7O2. The molecule has 9 heteroatoms. The molecule has 1 N–H and O–H groups in total. The highest BCUT2D eigenvalue weighted by atomic mass is 16.2. The number of nitrogens with zero attached hydrogens (tertiary/aromatic N) is 6. The van der Waals surface area contributed by atoms with Gasteiger partial charge in [-0.25, -0.2) is 4.79 Å². The first-order valence-corrected chi connectivity index (χ1v) is 13.1. The van der Waals surface area contributed by atoms with Crippen LogP contribution in [0, 0.1) is 11.8 Å². The zero-order chi connectivity index (χ0) is 25.9. The molecule has 5 rings (SSSR count). The lowest BCUT2D eigenvalue weighted by Crippen LogP contribution is -2.33. The highest BCUT2D eigenvalue weighted by Gasteiger charge is 2.38. The summed E-state index contributed by atoms with van der Waals surface area (Å²) in [7, 11) is 0. The zero-order valence-electron chi connectivity index (χ0n) is 21.6. The van der Waals surface area contributed by atoms with Crippen molar-refractivity contribution in [3.63, 3.8) is 0 Å². The van der Waals surface area contributed by atoms with Crippen LogP contribution in [0.5, 0.6) is 0 Å². The highest BCUT2D eigenvalue weighted by Crippen LogP contribution is 2.40. The predicted octanol–water partition coefficient (Wildman–Crippen LogP) is 4.46. The van der Waals surface area contributed by atoms with Crippen molar-refractivity contribution in [2.45, 2.75) is 65.5 Å². The van der Waals surface area contributed by atoms with Gasteiger partial charge in [0, 0.05) is 35.8 Å². The van der Waals surface area contributed by atoms with Gasteiger partial charge in [-0.15, -0.1) is 10.2 Å². The van der Waals surface area contributed by atoms with Gasteiger partial charge in [0.1, 0.15) is 5.78 Å². The van der Waals surface area contributed by atoms with E-state index in [4.69, 9.17) is 0 Å². The SMILES string of the molecule is CCCCc1cn(C2C(C)CCC2C(C)=O)c(=O)n1Cc1cnccc1-c1ccccc1-c1nn[nH]n1. The number of benzene rings is 1. The third-order valence-electron chi connectivity index (χ3n) is 7.68. The second kappa shape index (κ2) is 10.6. The number of carbonyl (C=O) groups is 1. The van der Waals surface area contributed by atoms with Gasteiger partial charge in [-0.2, -0.15) is 5.21 Å². The number of tetrazole rings is 1. The van der Waals surface area contributed by atoms with Crippen molar-refractivity contribution in [1.82, 2.24) is 34.7 Å². The van der Waals surface area contributed by atoms with Gasteiger partial charge in [0.15, 0.2) is 0 Å². The van der Waals surface area contributed by atoms with E-state index in [1.807, 2.05) is 51.9 Å². The second-order valence-corrected chi connectivity index (χ2v) is 10.1. The Morgan fingerprint density at radius 1 is 1.14 bits per heavy atom. The van der Waals surface area contributed by atoms with Crippen molar-refractivity contribution in [3.8, 4) is 22.5 Å². The van der Waals surface area contributed by atoms with E-state index in [-0.39, 0.29) is 29.4 Å². The third-order valence-corrected chi connectivity index (χ3v) is 7.68. The molecule has 3 aromatic heterocycles. The number of imidazole rings is 1. The summed E-state index contributed by atoms with van der Waals surface area (Å²) in [6.45, 7) is 6.34. The number of hydrogen-bond donors (Lipinski definition) is 1. The van der Waals surface area contributed by atoms with Crippen molar-refractivity contribution in [3.05, 3.63) is 70.7 Å². The number of H-pyrrole nitrogens is 1. The minimum Gasteiger partial charge on any atom is -0.300 e. The number of aryl methyl sites for hydroxylation is 1. The number of rotatable bonds is 9. The van der Waals surface area contributed by atoms with E-state index in [9.17, 15) is 9.59 Å². The van der Waals surface area contributed by atoms with E-state index in [0.717, 1.165) is 60.1 Å². The van der Waals surface area contributed by atoms with Gasteiger partial charge >= 0.3 is 5.69 Å². The Bertz CT molecular complexity index is 1440. The Hall–Kier alpha value is -3.88. The monoisotopic (exact) mass is 499 g/mol. The lowest BCUT2D eigenvalue weighted by Gasteiger charge is -2.22. The van der Waals surface area contributed by atoms with Crippen molar-refractivity contribution in [2.75, 3.05) is 0 Å². The molecule has 1 aromatic carbocycles. The minimum absolute atomic E-state index is 0.0580. The van der Waals surface area contributed by atoms with E-state index in [0.29, 0.717) is 12.4 Å². The number of pyridine rings is 1. The number of unbranched alkanes of at least 4 members (excludes halogenated alkanes) is 1. The molecule has 3 atom stereocenters. The number of Topliss-reactive ketones (excluding diaryl/α,β-unsaturated/α-hetero) is 1. The molecule has 37 heavy (non-hydrogen) atoms. The number of hydrogen-bond acceptors (Lipinski definition) is 6. The number of aromatic nitrogens is 7. The van der Waals surface area contributed by atoms with Crippen molar-refractivity contribution >= 4 is 5.78 Å². The largest absolute Gasteiger partial charge is 0.328 e. The second-order valence-electron chi connectivity index (χ2n) is 10.1. The molecule has 1 fully saturated rings. The molecule has 0 saturated heterocycles. The van der Waals surface area contributed by atoms with Gasteiger partial charge in [-0.1, -0.05) is 44.5 Å². The van der Waals surface area contributed by atoms with E-state index in [2.05, 4.69) is 39.5 Å².